The minimum atomic E-state index is -3.56. The molecule has 1 aliphatic rings. The highest BCUT2D eigenvalue weighted by Gasteiger charge is 2.33. The lowest BCUT2D eigenvalue weighted by Crippen LogP contribution is -2.40. The average Bonchev–Trinajstić information content (AvgIpc) is 3.15. The molecular weight excluding hydrogens is 402 g/mol. The number of para-hydroxylation sites is 1. The molecule has 4 rings (SSSR count). The van der Waals surface area contributed by atoms with Crippen molar-refractivity contribution in [2.45, 2.75) is 38.2 Å². The van der Waals surface area contributed by atoms with Gasteiger partial charge in [0.2, 0.25) is 10.0 Å². The first kappa shape index (κ1) is 20.6. The number of carbonyl (C=O) groups is 1. The molecule has 2 aromatic carbocycles. The lowest BCUT2D eigenvalue weighted by Gasteiger charge is -2.30. The van der Waals surface area contributed by atoms with E-state index in [1.807, 2.05) is 56.3 Å². The van der Waals surface area contributed by atoms with Crippen molar-refractivity contribution in [3.8, 4) is 0 Å². The number of esters is 1. The minimum absolute atomic E-state index is 0.0780. The van der Waals surface area contributed by atoms with Gasteiger partial charge in [-0.1, -0.05) is 35.9 Å². The number of sulfonamides is 1. The predicted octanol–water partition coefficient (Wildman–Crippen LogP) is 4.19. The van der Waals surface area contributed by atoms with E-state index in [9.17, 15) is 13.2 Å². The third kappa shape index (κ3) is 4.13. The van der Waals surface area contributed by atoms with Gasteiger partial charge < -0.3 is 9.15 Å². The number of hydrogen-bond acceptors (Lipinski definition) is 5. The molecule has 0 amide bonds. The third-order valence-corrected chi connectivity index (χ3v) is 7.63. The molecule has 0 saturated carbocycles. The van der Waals surface area contributed by atoms with E-state index in [0.29, 0.717) is 36.6 Å². The summed E-state index contributed by atoms with van der Waals surface area (Å²) in [5, 5.41) is 0.966. The van der Waals surface area contributed by atoms with Crippen molar-refractivity contribution in [2.75, 3.05) is 13.1 Å². The molecule has 158 valence electrons. The zero-order valence-electron chi connectivity index (χ0n) is 17.1. The number of carbonyl (C=O) groups excluding carboxylic acids is 1. The Balaban J connectivity index is 1.35. The molecule has 0 spiro atoms. The fourth-order valence-electron chi connectivity index (χ4n) is 3.93. The van der Waals surface area contributed by atoms with Gasteiger partial charge in [0.05, 0.1) is 10.8 Å². The maximum absolute atomic E-state index is 13.0. The van der Waals surface area contributed by atoms with E-state index in [4.69, 9.17) is 9.15 Å². The zero-order chi connectivity index (χ0) is 21.3. The summed E-state index contributed by atoms with van der Waals surface area (Å²) in [4.78, 5) is 12.8. The summed E-state index contributed by atoms with van der Waals surface area (Å²) in [5.41, 5.74) is 2.52. The number of fused-ring (bicyclic) bond motifs is 1. The topological polar surface area (TPSA) is 76.8 Å². The Morgan fingerprint density at radius 3 is 2.53 bits per heavy atom. The molecular formula is C23H25NO5S. The van der Waals surface area contributed by atoms with E-state index >= 15 is 0 Å². The Kier molecular flexibility index (Phi) is 5.66. The lowest BCUT2D eigenvalue weighted by atomic mass is 9.98. The Hall–Kier alpha value is -2.64. The van der Waals surface area contributed by atoms with Crippen LogP contribution in [0.4, 0.5) is 0 Å². The Bertz CT molecular complexity index is 1140. The molecule has 1 fully saturated rings. The highest BCUT2D eigenvalue weighted by molar-refractivity contribution is 7.89. The summed E-state index contributed by atoms with van der Waals surface area (Å²) in [6.07, 6.45) is 0.895. The van der Waals surface area contributed by atoms with Gasteiger partial charge in [0.25, 0.3) is 0 Å². The maximum Gasteiger partial charge on any atom is 0.309 e. The quantitative estimate of drug-likeness (QED) is 0.571. The van der Waals surface area contributed by atoms with Gasteiger partial charge >= 0.3 is 5.97 Å². The molecule has 0 unspecified atom stereocenters. The molecule has 0 N–H and O–H groups in total. The Morgan fingerprint density at radius 1 is 1.10 bits per heavy atom. The molecule has 0 aliphatic carbocycles. The smallest absolute Gasteiger partial charge is 0.309 e. The monoisotopic (exact) mass is 427 g/mol. The fraction of sp³-hybridized carbons (Fsp3) is 0.348. The van der Waals surface area contributed by atoms with Crippen LogP contribution in [0.5, 0.6) is 0 Å². The van der Waals surface area contributed by atoms with Crippen molar-refractivity contribution in [3.05, 3.63) is 65.4 Å². The summed E-state index contributed by atoms with van der Waals surface area (Å²) in [7, 11) is -3.56. The molecule has 0 bridgehead atoms. The molecule has 30 heavy (non-hydrogen) atoms. The summed E-state index contributed by atoms with van der Waals surface area (Å²) in [6.45, 7) is 4.43. The predicted molar refractivity (Wildman–Crippen MR) is 113 cm³/mol. The van der Waals surface area contributed by atoms with Gasteiger partial charge in [-0.05, 0) is 50.5 Å². The van der Waals surface area contributed by atoms with Crippen LogP contribution in [0.25, 0.3) is 11.0 Å². The third-order valence-electron chi connectivity index (χ3n) is 5.57. The Morgan fingerprint density at radius 2 is 1.83 bits per heavy atom. The number of aryl methyl sites for hydroxylation is 2. The van der Waals surface area contributed by atoms with Crippen LogP contribution in [0, 0.1) is 19.8 Å². The number of furan rings is 1. The highest BCUT2D eigenvalue weighted by atomic mass is 32.2. The Labute approximate surface area is 176 Å². The second kappa shape index (κ2) is 8.24. The molecule has 1 aromatic heterocycles. The average molecular weight is 428 g/mol. The van der Waals surface area contributed by atoms with E-state index in [1.165, 1.54) is 4.31 Å². The van der Waals surface area contributed by atoms with Gasteiger partial charge in [-0.2, -0.15) is 4.31 Å². The number of nitrogens with zero attached hydrogens (tertiary/aromatic N) is 1. The van der Waals surface area contributed by atoms with Crippen molar-refractivity contribution in [2.24, 2.45) is 5.92 Å². The molecule has 3 aromatic rings. The van der Waals surface area contributed by atoms with Crippen LogP contribution in [0.2, 0.25) is 0 Å². The van der Waals surface area contributed by atoms with Crippen molar-refractivity contribution in [1.29, 1.82) is 0 Å². The summed E-state index contributed by atoms with van der Waals surface area (Å²) >= 11 is 0. The largest absolute Gasteiger partial charge is 0.457 e. The molecule has 2 heterocycles. The van der Waals surface area contributed by atoms with E-state index in [-0.39, 0.29) is 18.5 Å². The first-order valence-electron chi connectivity index (χ1n) is 10.1. The van der Waals surface area contributed by atoms with Crippen LogP contribution in [-0.2, 0) is 26.2 Å². The molecule has 7 heteroatoms. The van der Waals surface area contributed by atoms with Crippen molar-refractivity contribution in [1.82, 2.24) is 4.31 Å². The standard InChI is InChI=1S/C23H25NO5S/c1-16-7-8-22(17(2)13-16)30(26,27)24-11-9-18(10-12-24)23(25)28-15-20-14-19-5-3-4-6-21(19)29-20/h3-8,13-14,18H,9-12,15H2,1-2H3. The summed E-state index contributed by atoms with van der Waals surface area (Å²) in [6, 6.07) is 14.8. The summed E-state index contributed by atoms with van der Waals surface area (Å²) < 4.78 is 38.5. The maximum atomic E-state index is 13.0. The highest BCUT2D eigenvalue weighted by Crippen LogP contribution is 2.27. The number of hydrogen-bond donors (Lipinski definition) is 0. The second-order valence-corrected chi connectivity index (χ2v) is 9.71. The molecule has 0 radical (unpaired) electrons. The van der Waals surface area contributed by atoms with Crippen molar-refractivity contribution < 1.29 is 22.4 Å². The van der Waals surface area contributed by atoms with Crippen LogP contribution >= 0.6 is 0 Å². The molecule has 1 aliphatic heterocycles. The van der Waals surface area contributed by atoms with E-state index in [1.54, 1.807) is 6.07 Å². The molecule has 1 saturated heterocycles. The van der Waals surface area contributed by atoms with Gasteiger partial charge in [-0.25, -0.2) is 8.42 Å². The first-order chi connectivity index (χ1) is 14.3. The van der Waals surface area contributed by atoms with Crippen LogP contribution < -0.4 is 0 Å². The van der Waals surface area contributed by atoms with Gasteiger partial charge in [-0.3, -0.25) is 4.79 Å². The number of piperidine rings is 1. The molecule has 6 nitrogen and oxygen atoms in total. The second-order valence-electron chi connectivity index (χ2n) is 7.81. The number of ether oxygens (including phenoxy) is 1. The van der Waals surface area contributed by atoms with E-state index in [2.05, 4.69) is 0 Å². The van der Waals surface area contributed by atoms with Crippen LogP contribution in [0.1, 0.15) is 29.7 Å². The van der Waals surface area contributed by atoms with Gasteiger partial charge in [0.1, 0.15) is 18.0 Å². The van der Waals surface area contributed by atoms with E-state index < -0.39 is 10.0 Å². The molecule has 0 atom stereocenters. The summed E-state index contributed by atoms with van der Waals surface area (Å²) in [5.74, 6) is -0.0154. The van der Waals surface area contributed by atoms with Crippen LogP contribution in [0.15, 0.2) is 57.8 Å². The minimum Gasteiger partial charge on any atom is -0.457 e. The van der Waals surface area contributed by atoms with Crippen molar-refractivity contribution in [3.63, 3.8) is 0 Å². The van der Waals surface area contributed by atoms with Crippen molar-refractivity contribution >= 4 is 27.0 Å². The normalized spacial score (nSPS) is 16.1. The number of benzene rings is 2. The van der Waals surface area contributed by atoms with E-state index in [0.717, 1.165) is 22.1 Å². The van der Waals surface area contributed by atoms with Crippen LogP contribution in [0.3, 0.4) is 0 Å². The van der Waals surface area contributed by atoms with Gasteiger partial charge in [-0.15, -0.1) is 0 Å². The SMILES string of the molecule is Cc1ccc(S(=O)(=O)N2CCC(C(=O)OCc3cc4ccccc4o3)CC2)c(C)c1. The first-order valence-corrected chi connectivity index (χ1v) is 11.5. The van der Waals surface area contributed by atoms with Gasteiger partial charge in [0, 0.05) is 18.5 Å². The fourth-order valence-corrected chi connectivity index (χ4v) is 5.60. The van der Waals surface area contributed by atoms with Crippen LogP contribution in [-0.4, -0.2) is 31.8 Å². The number of rotatable bonds is 5. The van der Waals surface area contributed by atoms with Gasteiger partial charge in [0.15, 0.2) is 0 Å². The zero-order valence-corrected chi connectivity index (χ0v) is 17.9. The lowest BCUT2D eigenvalue weighted by molar-refractivity contribution is -0.151.